The molecule has 2 amide bonds. The standard InChI is InChI=1S/C17H23N3O2/c1-11(2)10-12(3)19-20-17(22)14-6-8-15(9-7-14)18-16(21)13-4-5-13/h6-9,11,13H,4-5,10H2,1-3H3,(H,18,21)(H,20,22)/b19-12+. The SMILES string of the molecule is C/C(CC(C)C)=N\NC(=O)c1ccc(NC(=O)C2CC2)cc1. The Bertz CT molecular complexity index is 572. The number of hydrogen-bond acceptors (Lipinski definition) is 3. The van der Waals surface area contributed by atoms with Crippen LogP contribution in [0.15, 0.2) is 29.4 Å². The number of carbonyl (C=O) groups excluding carboxylic acids is 2. The van der Waals surface area contributed by atoms with Gasteiger partial charge in [0.15, 0.2) is 0 Å². The van der Waals surface area contributed by atoms with Gasteiger partial charge in [-0.15, -0.1) is 0 Å². The van der Waals surface area contributed by atoms with Crippen molar-refractivity contribution in [1.29, 1.82) is 0 Å². The molecule has 0 saturated heterocycles. The minimum absolute atomic E-state index is 0.0612. The van der Waals surface area contributed by atoms with Gasteiger partial charge >= 0.3 is 0 Å². The fourth-order valence-electron chi connectivity index (χ4n) is 2.14. The van der Waals surface area contributed by atoms with Gasteiger partial charge in [-0.1, -0.05) is 13.8 Å². The van der Waals surface area contributed by atoms with Crippen molar-refractivity contribution in [2.75, 3.05) is 5.32 Å². The van der Waals surface area contributed by atoms with Crippen molar-refractivity contribution in [2.45, 2.75) is 40.0 Å². The summed E-state index contributed by atoms with van der Waals surface area (Å²) < 4.78 is 0. The number of nitrogens with one attached hydrogen (secondary N) is 2. The molecule has 5 nitrogen and oxygen atoms in total. The van der Waals surface area contributed by atoms with Crippen molar-refractivity contribution < 1.29 is 9.59 Å². The molecule has 0 bridgehead atoms. The van der Waals surface area contributed by atoms with Crippen LogP contribution in [0.5, 0.6) is 0 Å². The summed E-state index contributed by atoms with van der Waals surface area (Å²) in [4.78, 5) is 23.6. The molecule has 0 radical (unpaired) electrons. The number of rotatable bonds is 6. The maximum atomic E-state index is 12.0. The summed E-state index contributed by atoms with van der Waals surface area (Å²) in [7, 11) is 0. The second-order valence-electron chi connectivity index (χ2n) is 6.23. The quantitative estimate of drug-likeness (QED) is 0.626. The van der Waals surface area contributed by atoms with Gasteiger partial charge in [-0.25, -0.2) is 5.43 Å². The molecular weight excluding hydrogens is 278 g/mol. The Balaban J connectivity index is 1.89. The molecule has 22 heavy (non-hydrogen) atoms. The van der Waals surface area contributed by atoms with Gasteiger partial charge in [0.1, 0.15) is 0 Å². The van der Waals surface area contributed by atoms with E-state index in [9.17, 15) is 9.59 Å². The van der Waals surface area contributed by atoms with Gasteiger partial charge in [-0.2, -0.15) is 5.10 Å². The Morgan fingerprint density at radius 2 is 1.86 bits per heavy atom. The van der Waals surface area contributed by atoms with Crippen molar-refractivity contribution in [3.63, 3.8) is 0 Å². The van der Waals surface area contributed by atoms with Crippen LogP contribution in [-0.4, -0.2) is 17.5 Å². The van der Waals surface area contributed by atoms with Crippen LogP contribution in [-0.2, 0) is 4.79 Å². The lowest BCUT2D eigenvalue weighted by Crippen LogP contribution is -2.19. The normalized spacial score (nSPS) is 14.8. The summed E-state index contributed by atoms with van der Waals surface area (Å²) in [6.07, 6.45) is 2.80. The molecule has 0 heterocycles. The Hall–Kier alpha value is -2.17. The highest BCUT2D eigenvalue weighted by atomic mass is 16.2. The van der Waals surface area contributed by atoms with E-state index < -0.39 is 0 Å². The highest BCUT2D eigenvalue weighted by molar-refractivity contribution is 5.97. The Labute approximate surface area is 131 Å². The van der Waals surface area contributed by atoms with Crippen LogP contribution in [0.2, 0.25) is 0 Å². The van der Waals surface area contributed by atoms with Crippen molar-refractivity contribution in [3.05, 3.63) is 29.8 Å². The number of hydrogen-bond donors (Lipinski definition) is 2. The Kier molecular flexibility index (Phi) is 5.31. The number of carbonyl (C=O) groups is 2. The Morgan fingerprint density at radius 3 is 2.41 bits per heavy atom. The van der Waals surface area contributed by atoms with Crippen LogP contribution < -0.4 is 10.7 Å². The number of anilines is 1. The second-order valence-corrected chi connectivity index (χ2v) is 6.23. The summed E-state index contributed by atoms with van der Waals surface area (Å²) in [6.45, 7) is 6.11. The fourth-order valence-corrected chi connectivity index (χ4v) is 2.14. The smallest absolute Gasteiger partial charge is 0.271 e. The third-order valence-electron chi connectivity index (χ3n) is 3.41. The van der Waals surface area contributed by atoms with E-state index in [0.29, 0.717) is 17.2 Å². The molecule has 0 atom stereocenters. The summed E-state index contributed by atoms with van der Waals surface area (Å²) in [5, 5.41) is 6.93. The van der Waals surface area contributed by atoms with Crippen LogP contribution in [0.25, 0.3) is 0 Å². The summed E-state index contributed by atoms with van der Waals surface area (Å²) in [5.41, 5.74) is 4.69. The zero-order chi connectivity index (χ0) is 16.1. The highest BCUT2D eigenvalue weighted by Gasteiger charge is 2.29. The van der Waals surface area contributed by atoms with E-state index in [0.717, 1.165) is 25.0 Å². The molecule has 5 heteroatoms. The number of amides is 2. The summed E-state index contributed by atoms with van der Waals surface area (Å²) >= 11 is 0. The predicted octanol–water partition coefficient (Wildman–Crippen LogP) is 3.19. The molecule has 0 spiro atoms. The molecule has 1 fully saturated rings. The van der Waals surface area contributed by atoms with Crippen LogP contribution >= 0.6 is 0 Å². The molecule has 118 valence electrons. The van der Waals surface area contributed by atoms with Crippen LogP contribution in [0.4, 0.5) is 5.69 Å². The van der Waals surface area contributed by atoms with E-state index in [1.807, 2.05) is 6.92 Å². The predicted molar refractivity (Wildman–Crippen MR) is 87.8 cm³/mol. The molecule has 1 saturated carbocycles. The molecule has 0 unspecified atom stereocenters. The van der Waals surface area contributed by atoms with E-state index in [-0.39, 0.29) is 17.7 Å². The molecular formula is C17H23N3O2. The van der Waals surface area contributed by atoms with E-state index in [2.05, 4.69) is 29.7 Å². The first-order chi connectivity index (χ1) is 10.5. The maximum Gasteiger partial charge on any atom is 0.271 e. The van der Waals surface area contributed by atoms with E-state index in [1.165, 1.54) is 0 Å². The summed E-state index contributed by atoms with van der Waals surface area (Å²) in [5.74, 6) is 0.491. The van der Waals surface area contributed by atoms with Crippen molar-refractivity contribution >= 4 is 23.2 Å². The second kappa shape index (κ2) is 7.20. The van der Waals surface area contributed by atoms with Crippen LogP contribution in [0.3, 0.4) is 0 Å². The fraction of sp³-hybridized carbons (Fsp3) is 0.471. The number of nitrogens with zero attached hydrogens (tertiary/aromatic N) is 1. The minimum Gasteiger partial charge on any atom is -0.326 e. The molecule has 1 aromatic carbocycles. The van der Waals surface area contributed by atoms with Crippen LogP contribution in [0, 0.1) is 11.8 Å². The van der Waals surface area contributed by atoms with Crippen molar-refractivity contribution in [2.24, 2.45) is 16.9 Å². The van der Waals surface area contributed by atoms with Gasteiger partial charge in [0.2, 0.25) is 5.91 Å². The van der Waals surface area contributed by atoms with Gasteiger partial charge in [0.05, 0.1) is 0 Å². The molecule has 0 aliphatic heterocycles. The van der Waals surface area contributed by atoms with Crippen molar-refractivity contribution in [1.82, 2.24) is 5.43 Å². The lowest BCUT2D eigenvalue weighted by molar-refractivity contribution is -0.117. The van der Waals surface area contributed by atoms with Gasteiger partial charge in [-0.3, -0.25) is 9.59 Å². The maximum absolute atomic E-state index is 12.0. The highest BCUT2D eigenvalue weighted by Crippen LogP contribution is 2.30. The van der Waals surface area contributed by atoms with Gasteiger partial charge < -0.3 is 5.32 Å². The molecule has 1 aliphatic rings. The molecule has 0 aromatic heterocycles. The minimum atomic E-state index is -0.247. The van der Waals surface area contributed by atoms with E-state index >= 15 is 0 Å². The van der Waals surface area contributed by atoms with Gasteiger partial charge in [0, 0.05) is 22.9 Å². The molecule has 1 aliphatic carbocycles. The molecule has 1 aromatic rings. The largest absolute Gasteiger partial charge is 0.326 e. The third kappa shape index (κ3) is 4.98. The average Bonchev–Trinajstić information content (AvgIpc) is 3.29. The number of benzene rings is 1. The summed E-state index contributed by atoms with van der Waals surface area (Å²) in [6, 6.07) is 6.84. The molecule has 2 rings (SSSR count). The average molecular weight is 301 g/mol. The lowest BCUT2D eigenvalue weighted by atomic mass is 10.1. The zero-order valence-corrected chi connectivity index (χ0v) is 13.3. The first-order valence-electron chi connectivity index (χ1n) is 7.70. The lowest BCUT2D eigenvalue weighted by Gasteiger charge is -2.06. The first-order valence-corrected chi connectivity index (χ1v) is 7.70. The molecule has 2 N–H and O–H groups in total. The zero-order valence-electron chi connectivity index (χ0n) is 13.3. The van der Waals surface area contributed by atoms with E-state index in [4.69, 9.17) is 0 Å². The number of hydrazone groups is 1. The van der Waals surface area contributed by atoms with Crippen molar-refractivity contribution in [3.8, 4) is 0 Å². The Morgan fingerprint density at radius 1 is 1.23 bits per heavy atom. The van der Waals surface area contributed by atoms with E-state index in [1.54, 1.807) is 24.3 Å². The van der Waals surface area contributed by atoms with Gasteiger partial charge in [-0.05, 0) is 56.4 Å². The van der Waals surface area contributed by atoms with Crippen LogP contribution in [0.1, 0.15) is 50.4 Å². The first kappa shape index (κ1) is 16.2. The third-order valence-corrected chi connectivity index (χ3v) is 3.41. The van der Waals surface area contributed by atoms with Gasteiger partial charge in [0.25, 0.3) is 5.91 Å². The monoisotopic (exact) mass is 301 g/mol. The topological polar surface area (TPSA) is 70.6 Å².